The van der Waals surface area contributed by atoms with Gasteiger partial charge in [-0.25, -0.2) is 4.57 Å². The molecule has 3 N–H and O–H groups in total. The Hall–Kier alpha value is -1.77. The highest BCUT2D eigenvalue weighted by Crippen LogP contribution is 2.43. The molecule has 346 valence electrons. The predicted octanol–water partition coefficient (Wildman–Crippen LogP) is 14.5. The van der Waals surface area contributed by atoms with Gasteiger partial charge in [-0.3, -0.25) is 18.6 Å². The molecule has 0 aromatic carbocycles. The molecular weight excluding hydrogens is 762 g/mol. The maximum absolute atomic E-state index is 12.6. The Kier molecular flexibility index (Phi) is 44.4. The molecule has 0 amide bonds. The van der Waals surface area contributed by atoms with Crippen LogP contribution in [0.4, 0.5) is 0 Å². The molecule has 0 radical (unpaired) electrons. The minimum absolute atomic E-state index is 0.0510. The number of hydrogen-bond acceptors (Lipinski definition) is 8. The van der Waals surface area contributed by atoms with Gasteiger partial charge >= 0.3 is 19.8 Å². The van der Waals surface area contributed by atoms with Gasteiger partial charge in [0, 0.05) is 19.4 Å². The van der Waals surface area contributed by atoms with Gasteiger partial charge in [0.15, 0.2) is 6.10 Å². The molecule has 0 fully saturated rings. The van der Waals surface area contributed by atoms with Crippen LogP contribution in [0.3, 0.4) is 0 Å². The van der Waals surface area contributed by atoms with E-state index in [9.17, 15) is 19.0 Å². The second-order valence-electron chi connectivity index (χ2n) is 16.3. The summed E-state index contributed by atoms with van der Waals surface area (Å²) in [6.45, 7) is 3.71. The quantitative estimate of drug-likeness (QED) is 0.0265. The highest BCUT2D eigenvalue weighted by molar-refractivity contribution is 7.47. The molecule has 0 aromatic rings. The van der Waals surface area contributed by atoms with Crippen LogP contribution in [-0.4, -0.2) is 49.3 Å². The Labute approximate surface area is 363 Å². The van der Waals surface area contributed by atoms with E-state index in [1.54, 1.807) is 0 Å². The molecular formula is C49H92NO8P. The molecule has 0 heterocycles. The summed E-state index contributed by atoms with van der Waals surface area (Å²) in [7, 11) is -4.38. The standard InChI is InChI=1S/C49H92NO8P/c1-3-5-7-9-11-13-15-17-19-20-21-22-23-24-25-26-28-29-31-33-35-37-39-41-48(51)55-45-47(46-57-59(53,54)56-44-43-50)58-49(52)42-40-38-36-34-32-30-27-18-16-14-12-10-8-6-4-2/h12,14,18,20-21,27,47H,3-11,13,15-17,19,22-26,28-46,50H2,1-2H3,(H,53,54)/b14-12-,21-20-,27-18-. The summed E-state index contributed by atoms with van der Waals surface area (Å²) in [6, 6.07) is 0. The van der Waals surface area contributed by atoms with Crippen LogP contribution in [0.2, 0.25) is 0 Å². The van der Waals surface area contributed by atoms with E-state index in [0.29, 0.717) is 6.42 Å². The van der Waals surface area contributed by atoms with Gasteiger partial charge in [-0.15, -0.1) is 0 Å². The second kappa shape index (κ2) is 45.7. The lowest BCUT2D eigenvalue weighted by Gasteiger charge is -2.19. The van der Waals surface area contributed by atoms with Crippen molar-refractivity contribution in [3.8, 4) is 0 Å². The van der Waals surface area contributed by atoms with Crippen molar-refractivity contribution < 1.29 is 37.6 Å². The van der Waals surface area contributed by atoms with Crippen LogP contribution >= 0.6 is 7.82 Å². The number of hydrogen-bond donors (Lipinski definition) is 2. The molecule has 0 aliphatic carbocycles. The van der Waals surface area contributed by atoms with E-state index in [1.165, 1.54) is 141 Å². The first-order valence-electron chi connectivity index (χ1n) is 24.5. The number of esters is 2. The van der Waals surface area contributed by atoms with Gasteiger partial charge in [-0.05, 0) is 70.6 Å². The first-order chi connectivity index (χ1) is 28.8. The molecule has 9 nitrogen and oxygen atoms in total. The number of unbranched alkanes of at least 4 members (excludes halogenated alkanes) is 27. The first-order valence-corrected chi connectivity index (χ1v) is 26.0. The highest BCUT2D eigenvalue weighted by atomic mass is 31.2. The largest absolute Gasteiger partial charge is 0.472 e. The molecule has 10 heteroatoms. The lowest BCUT2D eigenvalue weighted by molar-refractivity contribution is -0.161. The third kappa shape index (κ3) is 45.6. The Morgan fingerprint density at radius 3 is 1.34 bits per heavy atom. The summed E-state index contributed by atoms with van der Waals surface area (Å²) >= 11 is 0. The topological polar surface area (TPSA) is 134 Å². The molecule has 0 bridgehead atoms. The minimum Gasteiger partial charge on any atom is -0.462 e. The van der Waals surface area contributed by atoms with Crippen LogP contribution in [0, 0.1) is 0 Å². The van der Waals surface area contributed by atoms with Crippen LogP contribution in [-0.2, 0) is 32.7 Å². The Morgan fingerprint density at radius 2 is 0.881 bits per heavy atom. The molecule has 0 aliphatic rings. The van der Waals surface area contributed by atoms with E-state index in [4.69, 9.17) is 24.3 Å². The number of carbonyl (C=O) groups excluding carboxylic acids is 2. The average molecular weight is 854 g/mol. The van der Waals surface area contributed by atoms with Gasteiger partial charge in [0.05, 0.1) is 13.2 Å². The predicted molar refractivity (Wildman–Crippen MR) is 247 cm³/mol. The van der Waals surface area contributed by atoms with Crippen molar-refractivity contribution in [2.75, 3.05) is 26.4 Å². The highest BCUT2D eigenvalue weighted by Gasteiger charge is 2.26. The lowest BCUT2D eigenvalue weighted by atomic mass is 10.0. The Morgan fingerprint density at radius 1 is 0.508 bits per heavy atom. The van der Waals surface area contributed by atoms with Crippen molar-refractivity contribution in [1.29, 1.82) is 0 Å². The van der Waals surface area contributed by atoms with Gasteiger partial charge in [-0.2, -0.15) is 0 Å². The van der Waals surface area contributed by atoms with E-state index >= 15 is 0 Å². The number of phosphoric acid groups is 1. The molecule has 0 aromatic heterocycles. The normalized spacial score (nSPS) is 13.5. The third-order valence-corrected chi connectivity index (χ3v) is 11.5. The fourth-order valence-electron chi connectivity index (χ4n) is 6.84. The fourth-order valence-corrected chi connectivity index (χ4v) is 7.60. The second-order valence-corrected chi connectivity index (χ2v) is 17.8. The van der Waals surface area contributed by atoms with Crippen LogP contribution in [0.5, 0.6) is 0 Å². The van der Waals surface area contributed by atoms with Gasteiger partial charge < -0.3 is 20.1 Å². The van der Waals surface area contributed by atoms with Gasteiger partial charge in [0.2, 0.25) is 0 Å². The number of carbonyl (C=O) groups is 2. The van der Waals surface area contributed by atoms with Crippen molar-refractivity contribution in [3.05, 3.63) is 36.5 Å². The maximum atomic E-state index is 12.6. The van der Waals surface area contributed by atoms with Crippen LogP contribution in [0.1, 0.15) is 232 Å². The molecule has 0 spiro atoms. The first kappa shape index (κ1) is 57.2. The SMILES string of the molecule is CCCCC/C=C\C/C=C\CCCCCCCC(=O)OC(COC(=O)CCCCCCCCCCCCC/C=C\CCCCCCCCCC)COP(=O)(O)OCCN. The number of ether oxygens (including phenoxy) is 2. The molecule has 0 saturated carbocycles. The molecule has 59 heavy (non-hydrogen) atoms. The zero-order valence-electron chi connectivity index (χ0n) is 38.2. The van der Waals surface area contributed by atoms with Crippen molar-refractivity contribution in [3.63, 3.8) is 0 Å². The number of allylic oxidation sites excluding steroid dienone is 6. The third-order valence-electron chi connectivity index (χ3n) is 10.5. The zero-order valence-corrected chi connectivity index (χ0v) is 39.1. The van der Waals surface area contributed by atoms with Crippen molar-refractivity contribution in [1.82, 2.24) is 0 Å². The maximum Gasteiger partial charge on any atom is 0.472 e. The summed E-state index contributed by atoms with van der Waals surface area (Å²) in [4.78, 5) is 35.0. The molecule has 2 atom stereocenters. The van der Waals surface area contributed by atoms with Crippen LogP contribution in [0.25, 0.3) is 0 Å². The van der Waals surface area contributed by atoms with Crippen molar-refractivity contribution in [2.24, 2.45) is 5.73 Å². The van der Waals surface area contributed by atoms with Crippen LogP contribution in [0.15, 0.2) is 36.5 Å². The van der Waals surface area contributed by atoms with E-state index in [0.717, 1.165) is 57.8 Å². The van der Waals surface area contributed by atoms with E-state index < -0.39 is 26.5 Å². The lowest BCUT2D eigenvalue weighted by Crippen LogP contribution is -2.29. The van der Waals surface area contributed by atoms with Crippen molar-refractivity contribution in [2.45, 2.75) is 238 Å². The Balaban J connectivity index is 4.04. The molecule has 0 saturated heterocycles. The molecule has 0 aliphatic heterocycles. The summed E-state index contributed by atoms with van der Waals surface area (Å²) < 4.78 is 32.8. The molecule has 0 rings (SSSR count). The monoisotopic (exact) mass is 854 g/mol. The number of nitrogens with two attached hydrogens (primary N) is 1. The zero-order chi connectivity index (χ0) is 43.2. The van der Waals surface area contributed by atoms with E-state index in [1.807, 2.05) is 0 Å². The Bertz CT molecular complexity index is 1060. The fraction of sp³-hybridized carbons (Fsp3) is 0.837. The van der Waals surface area contributed by atoms with Gasteiger partial charge in [-0.1, -0.05) is 185 Å². The van der Waals surface area contributed by atoms with Gasteiger partial charge in [0.25, 0.3) is 0 Å². The smallest absolute Gasteiger partial charge is 0.462 e. The summed E-state index contributed by atoms with van der Waals surface area (Å²) in [5.41, 5.74) is 5.36. The summed E-state index contributed by atoms with van der Waals surface area (Å²) in [5.74, 6) is -0.839. The minimum atomic E-state index is -4.38. The van der Waals surface area contributed by atoms with Gasteiger partial charge in [0.1, 0.15) is 6.61 Å². The number of phosphoric ester groups is 1. The average Bonchev–Trinajstić information content (AvgIpc) is 3.22. The van der Waals surface area contributed by atoms with Crippen molar-refractivity contribution >= 4 is 19.8 Å². The summed E-state index contributed by atoms with van der Waals surface area (Å²) in [6.07, 6.45) is 51.8. The van der Waals surface area contributed by atoms with Crippen LogP contribution < -0.4 is 5.73 Å². The van der Waals surface area contributed by atoms with E-state index in [2.05, 4.69) is 50.3 Å². The molecule has 2 unspecified atom stereocenters. The summed E-state index contributed by atoms with van der Waals surface area (Å²) in [5, 5.41) is 0. The number of rotatable bonds is 46. The van der Waals surface area contributed by atoms with E-state index in [-0.39, 0.29) is 38.6 Å².